The first-order valence-corrected chi connectivity index (χ1v) is 61.5. The Hall–Kier alpha value is -2.16. The van der Waals surface area contributed by atoms with Gasteiger partial charge in [-0.25, -0.2) is 0 Å². The van der Waals surface area contributed by atoms with Crippen LogP contribution in [0.3, 0.4) is 0 Å². The summed E-state index contributed by atoms with van der Waals surface area (Å²) in [7, 11) is 0. The molecule has 8 aliphatic heterocycles. The second-order valence-corrected chi connectivity index (χ2v) is 62.1. The lowest BCUT2D eigenvalue weighted by atomic mass is 9.71. The summed E-state index contributed by atoms with van der Waals surface area (Å²) in [5.74, 6) is 8.08. The quantitative estimate of drug-likeness (QED) is 0.202. The molecule has 0 aromatic rings. The van der Waals surface area contributed by atoms with Gasteiger partial charge in [0.2, 0.25) is 5.91 Å². The van der Waals surface area contributed by atoms with Gasteiger partial charge >= 0.3 is 0 Å². The van der Waals surface area contributed by atoms with Crippen LogP contribution in [0.25, 0.3) is 0 Å². The lowest BCUT2D eigenvalue weighted by Gasteiger charge is -2.41. The number of rotatable bonds is 0. The van der Waals surface area contributed by atoms with E-state index in [0.717, 1.165) is 133 Å². The van der Waals surface area contributed by atoms with Gasteiger partial charge in [0.15, 0.2) is 0 Å². The summed E-state index contributed by atoms with van der Waals surface area (Å²) in [5, 5.41) is 9.63. The number of nitrogens with zero attached hydrogens (tertiary/aromatic N) is 4. The number of amides is 1. The second kappa shape index (κ2) is 67.7. The van der Waals surface area contributed by atoms with E-state index in [4.69, 9.17) is 14.2 Å². The molecule has 14 fully saturated rings. The summed E-state index contributed by atoms with van der Waals surface area (Å²) in [5.41, 5.74) is 10.1. The zero-order valence-corrected chi connectivity index (χ0v) is 106. The highest BCUT2D eigenvalue weighted by Crippen LogP contribution is 2.45. The van der Waals surface area contributed by atoms with Gasteiger partial charge in [-0.15, -0.1) is 0 Å². The lowest BCUT2D eigenvalue weighted by molar-refractivity contribution is -0.128. The van der Waals surface area contributed by atoms with Crippen molar-refractivity contribution in [2.24, 2.45) is 107 Å². The standard InChI is InChI=1S/2C11H20.C10H19N.C10H18O.3C10H20.C9H17NO.2C9H19N.2C9H18O.C8H18N2.C8H17NO/c1-9-5-7-10(8-6-9)11(2,3)4;1-9-6-5-7-10(8-9)11(2,3)4;1-9-7-5-6-8-11(9)10(2,3)4;1-10(2,3)8-6-4-5-7-9(8)11;3*1-10(2,3)9-7-5-4-6-8-9;1-9(2,3)7-4-5-10-8(11)6-7;1-9(2,3)8-5-4-6-10-7-8;1-9(2,3)10-7-5-4-6-8-10;1-9(2,3)8-5-4-6-10-7-8;1-9(2,3)8-6-4-5-7-10-8;1-8(2,3)10-6-4-9-5-7-10;1-8(2,3)9-4-6-10-7-5-9/h2*10H,1,5-8H2,2-4H3;1,5-8H2,2-4H3;8H,4-7H2,1-3H3;3*9H,4-8H2,1-3H3;7H,4-6H2,1-3H3,(H,10,11);8,10H,4-7H2,1-3H3;4-8H2,1-3H3;2*8H,4-7H2,1-3H3;9H,4-7H2,1-3H3;4-7H2,1-3H3. The van der Waals surface area contributed by atoms with Gasteiger partial charge < -0.3 is 35.1 Å². The van der Waals surface area contributed by atoms with E-state index in [0.29, 0.717) is 90.1 Å². The highest BCUT2D eigenvalue weighted by atomic mass is 16.5. The van der Waals surface area contributed by atoms with Crippen LogP contribution in [0.4, 0.5) is 0 Å². The fraction of sp³-hybridized carbons (Fsp3) is 0.940. The van der Waals surface area contributed by atoms with E-state index < -0.39 is 0 Å². The highest BCUT2D eigenvalue weighted by Gasteiger charge is 2.38. The minimum atomic E-state index is 0.192. The van der Waals surface area contributed by atoms with Gasteiger partial charge in [0.05, 0.1) is 19.3 Å². The number of carbonyl (C=O) groups excluding carboxylic acids is 2. The maximum absolute atomic E-state index is 11.4. The predicted octanol–water partition coefficient (Wildman–Crippen LogP) is 36.7. The number of Topliss-reactive ketones (excluding diaryl/α,β-unsaturated/α-hetero) is 1. The maximum Gasteiger partial charge on any atom is 0.220 e. The van der Waals surface area contributed by atoms with Crippen LogP contribution in [0.2, 0.25) is 0 Å². The number of piperidine rings is 4. The Balaban J connectivity index is 0.000000781. The summed E-state index contributed by atoms with van der Waals surface area (Å²) in [6.07, 6.45) is 56.7. The number of allylic oxidation sites excluding steroid dienone is 3. The Bertz CT molecular complexity index is 2820. The summed E-state index contributed by atoms with van der Waals surface area (Å²) in [6.45, 7) is 127. The number of nitrogens with one attached hydrogen (secondary N) is 3. The summed E-state index contributed by atoms with van der Waals surface area (Å²) < 4.78 is 16.3. The lowest BCUT2D eigenvalue weighted by Crippen LogP contribution is -2.51. The molecule has 6 atom stereocenters. The molecule has 6 aliphatic carbocycles. The van der Waals surface area contributed by atoms with E-state index in [1.807, 2.05) is 0 Å². The summed E-state index contributed by atoms with van der Waals surface area (Å²) in [4.78, 5) is 32.4. The van der Waals surface area contributed by atoms with E-state index in [-0.39, 0.29) is 22.3 Å². The minimum absolute atomic E-state index is 0.192. The van der Waals surface area contributed by atoms with Crippen LogP contribution < -0.4 is 16.0 Å². The molecule has 0 aromatic heterocycles. The fourth-order valence-corrected chi connectivity index (χ4v) is 23.4. The Morgan fingerprint density at radius 2 is 0.634 bits per heavy atom. The number of likely N-dealkylation sites (tertiary alicyclic amines) is 2. The van der Waals surface area contributed by atoms with Crippen molar-refractivity contribution in [1.29, 1.82) is 0 Å². The molecule has 0 radical (unpaired) electrons. The molecule has 860 valence electrons. The zero-order chi connectivity index (χ0) is 111. The van der Waals surface area contributed by atoms with Crippen LogP contribution in [-0.2, 0) is 23.8 Å². The topological polar surface area (TPSA) is 111 Å². The molecule has 3 N–H and O–H groups in total. The van der Waals surface area contributed by atoms with Crippen molar-refractivity contribution >= 4 is 11.7 Å². The Kier molecular flexibility index (Phi) is 65.8. The highest BCUT2D eigenvalue weighted by molar-refractivity contribution is 5.82. The molecule has 8 saturated heterocycles. The van der Waals surface area contributed by atoms with Crippen LogP contribution in [0.1, 0.15) is 560 Å². The Labute approximate surface area is 909 Å². The number of morpholine rings is 1. The smallest absolute Gasteiger partial charge is 0.220 e. The summed E-state index contributed by atoms with van der Waals surface area (Å²) in [6, 6.07) is 0. The van der Waals surface area contributed by atoms with Gasteiger partial charge in [-0.1, -0.05) is 309 Å². The van der Waals surface area contributed by atoms with E-state index in [1.165, 1.54) is 300 Å². The van der Waals surface area contributed by atoms with Crippen LogP contribution in [0, 0.1) is 107 Å². The van der Waals surface area contributed by atoms with Crippen molar-refractivity contribution in [3.8, 4) is 0 Å². The molecule has 0 aromatic carbocycles. The maximum atomic E-state index is 11.4. The van der Waals surface area contributed by atoms with E-state index in [2.05, 4.69) is 346 Å². The average molecular weight is 2040 g/mol. The SMILES string of the molecule is C=C1CCC(C(C)(C)C)CC1.C=C1CCCC(C(C)(C)C)C1.C=C1CCCCN1C(C)(C)C.CC(C)(C)C1CCCCC1.CC(C)(C)C1CCCCC1.CC(C)(C)C1CCCCC1.CC(C)(C)C1CCCCC1=O.CC(C)(C)C1CCCCO1.CC(C)(C)C1CCCNC1.CC(C)(C)C1CCCOC1.CC(C)(C)C1CCNC(=O)C1.CC(C)(C)N1CCCCC1.CC(C)(C)N1CCNCC1.CC(C)(C)N1CCOCC1. The van der Waals surface area contributed by atoms with Gasteiger partial charge in [0, 0.05) is 119 Å². The van der Waals surface area contributed by atoms with Gasteiger partial charge in [0.1, 0.15) is 5.78 Å². The number of hydrogen-bond acceptors (Lipinski definition) is 11. The number of ether oxygens (including phenoxy) is 3. The number of piperazine rings is 1. The van der Waals surface area contributed by atoms with Crippen molar-refractivity contribution in [2.45, 2.75) is 589 Å². The molecule has 1 amide bonds. The third-order valence-corrected chi connectivity index (χ3v) is 35.0. The minimum Gasteiger partial charge on any atom is -0.381 e. The molecule has 6 saturated carbocycles. The molecule has 8 heterocycles. The van der Waals surface area contributed by atoms with Crippen LogP contribution in [0.5, 0.6) is 0 Å². The molecule has 12 nitrogen and oxygen atoms in total. The summed E-state index contributed by atoms with van der Waals surface area (Å²) >= 11 is 0. The van der Waals surface area contributed by atoms with E-state index in [1.54, 1.807) is 0 Å². The first-order valence-electron chi connectivity index (χ1n) is 61.5. The van der Waals surface area contributed by atoms with Crippen LogP contribution in [0.15, 0.2) is 36.6 Å². The Morgan fingerprint density at radius 3 is 0.917 bits per heavy atom. The molecule has 145 heavy (non-hydrogen) atoms. The number of carbonyl (C=O) groups is 2. The largest absolute Gasteiger partial charge is 0.381 e. The molecule has 0 spiro atoms. The van der Waals surface area contributed by atoms with Crippen LogP contribution in [-0.4, -0.2) is 171 Å². The molecular formula is C133H263N7O5. The molecule has 6 unspecified atom stereocenters. The van der Waals surface area contributed by atoms with Gasteiger partial charge in [-0.3, -0.25) is 24.3 Å². The van der Waals surface area contributed by atoms with Gasteiger partial charge in [0.25, 0.3) is 0 Å². The van der Waals surface area contributed by atoms with Crippen molar-refractivity contribution in [2.75, 3.05) is 112 Å². The molecule has 12 heteroatoms. The van der Waals surface area contributed by atoms with Crippen molar-refractivity contribution < 1.29 is 23.8 Å². The zero-order valence-electron chi connectivity index (χ0n) is 106. The molecule has 0 bridgehead atoms. The van der Waals surface area contributed by atoms with Crippen molar-refractivity contribution in [1.82, 2.24) is 35.6 Å². The normalized spacial score (nSPS) is 24.8. The fourth-order valence-electron chi connectivity index (χ4n) is 23.4. The average Bonchev–Trinajstić information content (AvgIpc) is 0.851. The first-order chi connectivity index (χ1) is 66.5. The molecule has 14 rings (SSSR count). The van der Waals surface area contributed by atoms with E-state index >= 15 is 0 Å². The third-order valence-electron chi connectivity index (χ3n) is 35.0. The monoisotopic (exact) mass is 2040 g/mol. The van der Waals surface area contributed by atoms with Gasteiger partial charge in [-0.05, 0) is 397 Å². The third kappa shape index (κ3) is 65.5. The van der Waals surface area contributed by atoms with Crippen molar-refractivity contribution in [3.05, 3.63) is 36.6 Å². The second-order valence-electron chi connectivity index (χ2n) is 62.1. The Morgan fingerprint density at radius 1 is 0.255 bits per heavy atom. The van der Waals surface area contributed by atoms with Crippen LogP contribution >= 0.6 is 0 Å². The predicted molar refractivity (Wildman–Crippen MR) is 643 cm³/mol. The molecule has 14 aliphatic rings. The number of ketones is 1. The van der Waals surface area contributed by atoms with Gasteiger partial charge in [-0.2, -0.15) is 0 Å². The number of hydrogen-bond donors (Lipinski definition) is 3. The van der Waals surface area contributed by atoms with Crippen molar-refractivity contribution in [3.63, 3.8) is 0 Å². The molecular weight excluding hydrogens is 1780 g/mol. The van der Waals surface area contributed by atoms with E-state index in [9.17, 15) is 9.59 Å². The first kappa shape index (κ1) is 141.